The van der Waals surface area contributed by atoms with Crippen LogP contribution >= 0.6 is 23.1 Å². The van der Waals surface area contributed by atoms with Gasteiger partial charge in [-0.25, -0.2) is 13.5 Å². The lowest BCUT2D eigenvalue weighted by atomic mass is 10.1. The Morgan fingerprint density at radius 2 is 1.85 bits per heavy atom. The lowest BCUT2D eigenvalue weighted by Crippen LogP contribution is -2.05. The van der Waals surface area contributed by atoms with E-state index in [1.807, 2.05) is 30.3 Å². The van der Waals surface area contributed by atoms with Gasteiger partial charge in [0.05, 0.1) is 5.69 Å². The minimum Gasteiger partial charge on any atom is -0.374 e. The zero-order chi connectivity index (χ0) is 18.8. The summed E-state index contributed by atoms with van der Waals surface area (Å²) < 4.78 is 29.7. The number of benzene rings is 2. The maximum atomic E-state index is 14.3. The number of rotatable bonds is 5. The maximum absolute atomic E-state index is 14.3. The Balaban J connectivity index is 1.77. The highest BCUT2D eigenvalue weighted by atomic mass is 32.2. The summed E-state index contributed by atoms with van der Waals surface area (Å²) in [6.45, 7) is 0. The minimum absolute atomic E-state index is 0.124. The van der Waals surface area contributed by atoms with Crippen LogP contribution in [0.4, 0.5) is 13.9 Å². The van der Waals surface area contributed by atoms with E-state index in [0.29, 0.717) is 26.6 Å². The van der Waals surface area contributed by atoms with Crippen molar-refractivity contribution in [2.24, 2.45) is 0 Å². The zero-order valence-electron chi connectivity index (χ0n) is 13.7. The highest BCUT2D eigenvalue weighted by molar-refractivity contribution is 8.00. The van der Waals surface area contributed by atoms with Crippen LogP contribution in [0.2, 0.25) is 0 Å². The molecule has 2 aromatic carbocycles. The first-order valence-electron chi connectivity index (χ1n) is 7.79. The van der Waals surface area contributed by atoms with Gasteiger partial charge in [0.15, 0.2) is 10.2 Å². The van der Waals surface area contributed by atoms with Gasteiger partial charge in [0, 0.05) is 17.4 Å². The normalized spacial score (nSPS) is 11.0. The molecule has 10 heteroatoms. The van der Waals surface area contributed by atoms with Crippen molar-refractivity contribution < 1.29 is 8.78 Å². The van der Waals surface area contributed by atoms with Gasteiger partial charge < -0.3 is 5.73 Å². The molecule has 4 rings (SSSR count). The monoisotopic (exact) mass is 402 g/mol. The largest absolute Gasteiger partial charge is 0.374 e. The Morgan fingerprint density at radius 1 is 1.04 bits per heavy atom. The van der Waals surface area contributed by atoms with Gasteiger partial charge in [-0.2, -0.15) is 0 Å². The van der Waals surface area contributed by atoms with Crippen LogP contribution < -0.4 is 5.73 Å². The number of thioether (sulfide) groups is 1. The van der Waals surface area contributed by atoms with E-state index in [-0.39, 0.29) is 5.69 Å². The van der Waals surface area contributed by atoms with E-state index in [2.05, 4.69) is 20.5 Å². The third kappa shape index (κ3) is 3.67. The van der Waals surface area contributed by atoms with E-state index < -0.39 is 11.6 Å². The summed E-state index contributed by atoms with van der Waals surface area (Å²) in [6.07, 6.45) is 0. The van der Waals surface area contributed by atoms with Crippen LogP contribution in [0.25, 0.3) is 16.9 Å². The van der Waals surface area contributed by atoms with Crippen LogP contribution in [-0.2, 0) is 5.75 Å². The van der Waals surface area contributed by atoms with Gasteiger partial charge in [-0.05, 0) is 12.1 Å². The Kier molecular flexibility index (Phi) is 4.82. The molecule has 0 aliphatic heterocycles. The standard InChI is InChI=1S/C17H12F2N6S2/c18-11-6-7-13(12(19)8-11)25-14(9-26-17-23-22-16(20)27-17)15(21-24-25)10-4-2-1-3-5-10/h1-8H,9H2,(H2,20,22). The molecule has 0 amide bonds. The van der Waals surface area contributed by atoms with Gasteiger partial charge in [0.25, 0.3) is 0 Å². The summed E-state index contributed by atoms with van der Waals surface area (Å²) in [5.41, 5.74) is 7.86. The van der Waals surface area contributed by atoms with Gasteiger partial charge in [0.2, 0.25) is 5.13 Å². The molecular formula is C17H12F2N6S2. The summed E-state index contributed by atoms with van der Waals surface area (Å²) in [7, 11) is 0. The molecule has 2 heterocycles. The third-order valence-corrected chi connectivity index (χ3v) is 5.60. The fourth-order valence-corrected chi connectivity index (χ4v) is 4.14. The van der Waals surface area contributed by atoms with Crippen molar-refractivity contribution in [1.82, 2.24) is 25.2 Å². The summed E-state index contributed by atoms with van der Waals surface area (Å²) in [6, 6.07) is 12.8. The van der Waals surface area contributed by atoms with Crippen molar-refractivity contribution in [2.45, 2.75) is 10.1 Å². The van der Waals surface area contributed by atoms with Crippen LogP contribution in [0, 0.1) is 11.6 Å². The van der Waals surface area contributed by atoms with E-state index in [1.165, 1.54) is 39.9 Å². The average Bonchev–Trinajstić information content (AvgIpc) is 3.27. The second kappa shape index (κ2) is 7.41. The van der Waals surface area contributed by atoms with Gasteiger partial charge in [0.1, 0.15) is 17.2 Å². The first-order chi connectivity index (χ1) is 13.1. The highest BCUT2D eigenvalue weighted by Crippen LogP contribution is 2.32. The smallest absolute Gasteiger partial charge is 0.203 e. The molecule has 0 radical (unpaired) electrons. The number of nitrogens with zero attached hydrogens (tertiary/aromatic N) is 5. The van der Waals surface area contributed by atoms with Crippen molar-refractivity contribution >= 4 is 28.2 Å². The second-order valence-electron chi connectivity index (χ2n) is 5.45. The average molecular weight is 402 g/mol. The van der Waals surface area contributed by atoms with Crippen molar-refractivity contribution in [1.29, 1.82) is 0 Å². The first-order valence-corrected chi connectivity index (χ1v) is 9.59. The molecule has 0 saturated heterocycles. The molecule has 0 spiro atoms. The number of hydrogen-bond acceptors (Lipinski definition) is 7. The molecule has 0 atom stereocenters. The van der Waals surface area contributed by atoms with E-state index in [0.717, 1.165) is 11.6 Å². The lowest BCUT2D eigenvalue weighted by Gasteiger charge is -2.08. The van der Waals surface area contributed by atoms with Crippen molar-refractivity contribution in [3.63, 3.8) is 0 Å². The van der Waals surface area contributed by atoms with Gasteiger partial charge in [-0.15, -0.1) is 15.3 Å². The van der Waals surface area contributed by atoms with Gasteiger partial charge >= 0.3 is 0 Å². The van der Waals surface area contributed by atoms with E-state index in [9.17, 15) is 8.78 Å². The molecular weight excluding hydrogens is 390 g/mol. The Bertz CT molecular complexity index is 1080. The van der Waals surface area contributed by atoms with Crippen molar-refractivity contribution in [2.75, 3.05) is 5.73 Å². The zero-order valence-corrected chi connectivity index (χ0v) is 15.3. The Morgan fingerprint density at radius 3 is 2.56 bits per heavy atom. The lowest BCUT2D eigenvalue weighted by molar-refractivity contribution is 0.570. The number of halogens is 2. The van der Waals surface area contributed by atoms with Crippen LogP contribution in [0.1, 0.15) is 5.69 Å². The van der Waals surface area contributed by atoms with Gasteiger partial charge in [-0.1, -0.05) is 58.6 Å². The molecule has 2 aromatic heterocycles. The highest BCUT2D eigenvalue weighted by Gasteiger charge is 2.19. The second-order valence-corrected chi connectivity index (χ2v) is 7.68. The molecule has 0 aliphatic carbocycles. The van der Waals surface area contributed by atoms with Crippen molar-refractivity contribution in [3.05, 3.63) is 65.9 Å². The topological polar surface area (TPSA) is 82.5 Å². The quantitative estimate of drug-likeness (QED) is 0.509. The SMILES string of the molecule is Nc1nnc(SCc2c(-c3ccccc3)nnn2-c2ccc(F)cc2F)s1. The minimum atomic E-state index is -0.717. The number of hydrogen-bond donors (Lipinski definition) is 1. The summed E-state index contributed by atoms with van der Waals surface area (Å²) in [5.74, 6) is -0.964. The fourth-order valence-electron chi connectivity index (χ4n) is 2.51. The summed E-state index contributed by atoms with van der Waals surface area (Å²) in [5, 5.41) is 16.5. The first kappa shape index (κ1) is 17.6. The number of nitrogens with two attached hydrogens (primary N) is 1. The molecule has 2 N–H and O–H groups in total. The predicted octanol–water partition coefficient (Wildman–Crippen LogP) is 3.94. The molecule has 0 unspecified atom stereocenters. The molecule has 0 fully saturated rings. The fraction of sp³-hybridized carbons (Fsp3) is 0.0588. The molecule has 136 valence electrons. The summed E-state index contributed by atoms with van der Waals surface area (Å²) in [4.78, 5) is 0. The van der Waals surface area contributed by atoms with E-state index in [4.69, 9.17) is 5.73 Å². The Labute approximate surface area is 161 Å². The van der Waals surface area contributed by atoms with Crippen molar-refractivity contribution in [3.8, 4) is 16.9 Å². The molecule has 0 bridgehead atoms. The number of anilines is 1. The van der Waals surface area contributed by atoms with Crippen LogP contribution in [-0.4, -0.2) is 25.2 Å². The molecule has 6 nitrogen and oxygen atoms in total. The maximum Gasteiger partial charge on any atom is 0.203 e. The van der Waals surface area contributed by atoms with Crippen LogP contribution in [0.3, 0.4) is 0 Å². The van der Waals surface area contributed by atoms with Crippen LogP contribution in [0.15, 0.2) is 52.9 Å². The molecule has 0 saturated carbocycles. The Hall–Kier alpha value is -2.85. The molecule has 0 aliphatic rings. The predicted molar refractivity (Wildman–Crippen MR) is 101 cm³/mol. The number of aromatic nitrogens is 5. The molecule has 27 heavy (non-hydrogen) atoms. The van der Waals surface area contributed by atoms with Crippen LogP contribution in [0.5, 0.6) is 0 Å². The summed E-state index contributed by atoms with van der Waals surface area (Å²) >= 11 is 2.66. The van der Waals surface area contributed by atoms with E-state index in [1.54, 1.807) is 0 Å². The van der Waals surface area contributed by atoms with Gasteiger partial charge in [-0.3, -0.25) is 0 Å². The van der Waals surface area contributed by atoms with E-state index >= 15 is 0 Å². The molecule has 4 aromatic rings. The third-order valence-electron chi connectivity index (χ3n) is 3.70. The number of nitrogen functional groups attached to an aromatic ring is 1.